The van der Waals surface area contributed by atoms with E-state index in [2.05, 4.69) is 32.5 Å². The van der Waals surface area contributed by atoms with Gasteiger partial charge in [0.05, 0.1) is 4.90 Å². The molecule has 150 valence electrons. The number of nitrogens with one attached hydrogen (secondary N) is 1. The predicted octanol–water partition coefficient (Wildman–Crippen LogP) is 2.60. The SMILES string of the molecule is O=S(=O)(c1ccccc1)N1CCN(c2ccc(NCc3ccccc3)nn2)CC1. The van der Waals surface area contributed by atoms with Gasteiger partial charge in [0.2, 0.25) is 10.0 Å². The second kappa shape index (κ2) is 8.59. The van der Waals surface area contributed by atoms with Gasteiger partial charge in [0.15, 0.2) is 5.82 Å². The fourth-order valence-electron chi connectivity index (χ4n) is 3.28. The molecule has 1 saturated heterocycles. The Labute approximate surface area is 171 Å². The van der Waals surface area contributed by atoms with Gasteiger partial charge in [0.1, 0.15) is 5.82 Å². The number of nitrogens with zero attached hydrogens (tertiary/aromatic N) is 4. The molecule has 7 nitrogen and oxygen atoms in total. The second-order valence-electron chi connectivity index (χ2n) is 6.82. The van der Waals surface area contributed by atoms with Gasteiger partial charge in [0, 0.05) is 32.7 Å². The van der Waals surface area contributed by atoms with Crippen LogP contribution in [0.25, 0.3) is 0 Å². The number of aromatic nitrogens is 2. The Kier molecular flexibility index (Phi) is 5.73. The molecule has 2 aromatic carbocycles. The molecular formula is C21H23N5O2S. The lowest BCUT2D eigenvalue weighted by atomic mass is 10.2. The number of rotatable bonds is 6. The summed E-state index contributed by atoms with van der Waals surface area (Å²) >= 11 is 0. The van der Waals surface area contributed by atoms with Gasteiger partial charge in [-0.05, 0) is 29.8 Å². The fourth-order valence-corrected chi connectivity index (χ4v) is 4.72. The number of benzene rings is 2. The molecule has 1 aromatic heterocycles. The van der Waals surface area contributed by atoms with E-state index >= 15 is 0 Å². The molecule has 0 aliphatic carbocycles. The molecule has 0 atom stereocenters. The van der Waals surface area contributed by atoms with Crippen LogP contribution in [0.3, 0.4) is 0 Å². The minimum Gasteiger partial charge on any atom is -0.365 e. The van der Waals surface area contributed by atoms with E-state index < -0.39 is 10.0 Å². The molecule has 0 bridgehead atoms. The highest BCUT2D eigenvalue weighted by molar-refractivity contribution is 7.89. The number of hydrogen-bond acceptors (Lipinski definition) is 6. The third kappa shape index (κ3) is 4.55. The van der Waals surface area contributed by atoms with Crippen LogP contribution >= 0.6 is 0 Å². The first kappa shape index (κ1) is 19.4. The zero-order chi connectivity index (χ0) is 20.1. The normalized spacial score (nSPS) is 15.2. The first-order valence-corrected chi connectivity index (χ1v) is 11.0. The van der Waals surface area contributed by atoms with Gasteiger partial charge >= 0.3 is 0 Å². The summed E-state index contributed by atoms with van der Waals surface area (Å²) in [5.74, 6) is 1.47. The summed E-state index contributed by atoms with van der Waals surface area (Å²) in [5.41, 5.74) is 1.18. The molecule has 8 heteroatoms. The highest BCUT2D eigenvalue weighted by Gasteiger charge is 2.28. The molecule has 1 aliphatic rings. The highest BCUT2D eigenvalue weighted by atomic mass is 32.2. The molecule has 0 unspecified atom stereocenters. The van der Waals surface area contributed by atoms with E-state index in [1.54, 1.807) is 24.3 Å². The Bertz CT molecular complexity index is 1020. The summed E-state index contributed by atoms with van der Waals surface area (Å²) in [4.78, 5) is 2.40. The predicted molar refractivity (Wildman–Crippen MR) is 113 cm³/mol. The third-order valence-corrected chi connectivity index (χ3v) is 6.82. The lowest BCUT2D eigenvalue weighted by molar-refractivity contribution is 0.383. The van der Waals surface area contributed by atoms with E-state index in [4.69, 9.17) is 0 Å². The Morgan fingerprint density at radius 3 is 2.07 bits per heavy atom. The third-order valence-electron chi connectivity index (χ3n) is 4.91. The van der Waals surface area contributed by atoms with Crippen LogP contribution in [0.1, 0.15) is 5.56 Å². The topological polar surface area (TPSA) is 78.4 Å². The highest BCUT2D eigenvalue weighted by Crippen LogP contribution is 2.20. The van der Waals surface area contributed by atoms with Crippen molar-refractivity contribution in [3.8, 4) is 0 Å². The van der Waals surface area contributed by atoms with Crippen molar-refractivity contribution in [2.45, 2.75) is 11.4 Å². The van der Waals surface area contributed by atoms with E-state index in [1.165, 1.54) is 9.87 Å². The smallest absolute Gasteiger partial charge is 0.243 e. The van der Waals surface area contributed by atoms with Crippen molar-refractivity contribution >= 4 is 21.7 Å². The van der Waals surface area contributed by atoms with Crippen LogP contribution in [0.2, 0.25) is 0 Å². The minimum absolute atomic E-state index is 0.335. The molecule has 29 heavy (non-hydrogen) atoms. The van der Waals surface area contributed by atoms with Crippen LogP contribution in [0.15, 0.2) is 77.7 Å². The van der Waals surface area contributed by atoms with Gasteiger partial charge in [-0.15, -0.1) is 10.2 Å². The molecule has 0 amide bonds. The molecule has 0 saturated carbocycles. The summed E-state index contributed by atoms with van der Waals surface area (Å²) in [6.07, 6.45) is 0. The van der Waals surface area contributed by atoms with Crippen LogP contribution < -0.4 is 10.2 Å². The first-order valence-electron chi connectivity index (χ1n) is 9.54. The van der Waals surface area contributed by atoms with Gasteiger partial charge in [-0.3, -0.25) is 0 Å². The lowest BCUT2D eigenvalue weighted by Gasteiger charge is -2.34. The zero-order valence-electron chi connectivity index (χ0n) is 16.0. The lowest BCUT2D eigenvalue weighted by Crippen LogP contribution is -2.48. The summed E-state index contributed by atoms with van der Waals surface area (Å²) < 4.78 is 27.0. The fraction of sp³-hybridized carbons (Fsp3) is 0.238. The Morgan fingerprint density at radius 1 is 0.793 bits per heavy atom. The summed E-state index contributed by atoms with van der Waals surface area (Å²) in [5, 5.41) is 11.8. The Balaban J connectivity index is 1.34. The van der Waals surface area contributed by atoms with E-state index in [9.17, 15) is 8.42 Å². The van der Waals surface area contributed by atoms with Gasteiger partial charge in [-0.1, -0.05) is 48.5 Å². The summed E-state index contributed by atoms with van der Waals surface area (Å²) in [6, 6.07) is 22.5. The maximum absolute atomic E-state index is 12.7. The van der Waals surface area contributed by atoms with E-state index in [0.29, 0.717) is 43.4 Å². The number of piperazine rings is 1. The van der Waals surface area contributed by atoms with Crippen molar-refractivity contribution in [2.24, 2.45) is 0 Å². The molecule has 4 rings (SSSR count). The standard InChI is InChI=1S/C21H23N5O2S/c27-29(28,19-9-5-2-6-10-19)26-15-13-25(14-16-26)21-12-11-20(23-24-21)22-17-18-7-3-1-4-8-18/h1-12H,13-17H2,(H,22,23). The van der Waals surface area contributed by atoms with Crippen molar-refractivity contribution in [3.05, 3.63) is 78.4 Å². The van der Waals surface area contributed by atoms with E-state index in [1.807, 2.05) is 36.4 Å². The van der Waals surface area contributed by atoms with Crippen molar-refractivity contribution in [1.29, 1.82) is 0 Å². The van der Waals surface area contributed by atoms with Crippen LogP contribution in [0.5, 0.6) is 0 Å². The largest absolute Gasteiger partial charge is 0.365 e. The quantitative estimate of drug-likeness (QED) is 0.674. The minimum atomic E-state index is -3.45. The molecule has 0 radical (unpaired) electrons. The molecule has 1 fully saturated rings. The Hall–Kier alpha value is -2.97. The Morgan fingerprint density at radius 2 is 1.45 bits per heavy atom. The second-order valence-corrected chi connectivity index (χ2v) is 8.76. The van der Waals surface area contributed by atoms with Crippen LogP contribution in [0, 0.1) is 0 Å². The van der Waals surface area contributed by atoms with Gasteiger partial charge in [-0.2, -0.15) is 4.31 Å². The van der Waals surface area contributed by atoms with E-state index in [0.717, 1.165) is 5.82 Å². The molecule has 1 aliphatic heterocycles. The summed E-state index contributed by atoms with van der Waals surface area (Å²) in [7, 11) is -3.45. The maximum atomic E-state index is 12.7. The van der Waals surface area contributed by atoms with E-state index in [-0.39, 0.29) is 0 Å². The zero-order valence-corrected chi connectivity index (χ0v) is 16.8. The van der Waals surface area contributed by atoms with Crippen LogP contribution in [-0.4, -0.2) is 49.1 Å². The average molecular weight is 410 g/mol. The van der Waals surface area contributed by atoms with Crippen molar-refractivity contribution in [2.75, 3.05) is 36.4 Å². The number of sulfonamides is 1. The summed E-state index contributed by atoms with van der Waals surface area (Å²) in [6.45, 7) is 2.69. The molecule has 2 heterocycles. The maximum Gasteiger partial charge on any atom is 0.243 e. The first-order chi connectivity index (χ1) is 14.1. The molecule has 3 aromatic rings. The number of hydrogen-bond donors (Lipinski definition) is 1. The van der Waals surface area contributed by atoms with Crippen molar-refractivity contribution in [3.63, 3.8) is 0 Å². The average Bonchev–Trinajstić information content (AvgIpc) is 2.79. The van der Waals surface area contributed by atoms with Crippen molar-refractivity contribution < 1.29 is 8.42 Å². The van der Waals surface area contributed by atoms with Crippen molar-refractivity contribution in [1.82, 2.24) is 14.5 Å². The monoisotopic (exact) mass is 409 g/mol. The van der Waals surface area contributed by atoms with Gasteiger partial charge < -0.3 is 10.2 Å². The van der Waals surface area contributed by atoms with Crippen LogP contribution in [0.4, 0.5) is 11.6 Å². The van der Waals surface area contributed by atoms with Gasteiger partial charge in [0.25, 0.3) is 0 Å². The van der Waals surface area contributed by atoms with Crippen LogP contribution in [-0.2, 0) is 16.6 Å². The van der Waals surface area contributed by atoms with Gasteiger partial charge in [-0.25, -0.2) is 8.42 Å². The molecular weight excluding hydrogens is 386 g/mol. The molecule has 0 spiro atoms. The molecule has 1 N–H and O–H groups in total. The number of anilines is 2.